The van der Waals surface area contributed by atoms with E-state index in [0.29, 0.717) is 12.1 Å². The summed E-state index contributed by atoms with van der Waals surface area (Å²) in [4.78, 5) is 2.56. The second-order valence-electron chi connectivity index (χ2n) is 6.09. The summed E-state index contributed by atoms with van der Waals surface area (Å²) < 4.78 is 12.9. The molecule has 2 heterocycles. The first-order chi connectivity index (χ1) is 9.76. The molecule has 1 atom stereocenters. The maximum atomic E-state index is 5.83. The predicted molar refractivity (Wildman–Crippen MR) is 81.4 cm³/mol. The Morgan fingerprint density at radius 1 is 1.20 bits per heavy atom. The van der Waals surface area contributed by atoms with Crippen molar-refractivity contribution in [1.82, 2.24) is 4.90 Å². The summed E-state index contributed by atoms with van der Waals surface area (Å²) in [6.07, 6.45) is 14.6. The highest BCUT2D eigenvalue weighted by molar-refractivity contribution is 9.11. The third-order valence-corrected chi connectivity index (χ3v) is 5.53. The summed E-state index contributed by atoms with van der Waals surface area (Å²) >= 11 is 3.58. The highest BCUT2D eigenvalue weighted by Gasteiger charge is 2.42. The van der Waals surface area contributed by atoms with Gasteiger partial charge < -0.3 is 14.4 Å². The van der Waals surface area contributed by atoms with Crippen LogP contribution in [0, 0.1) is 0 Å². The lowest BCUT2D eigenvalue weighted by Gasteiger charge is -2.42. The van der Waals surface area contributed by atoms with Crippen LogP contribution in [0.2, 0.25) is 0 Å². The van der Waals surface area contributed by atoms with Crippen LogP contribution in [0.4, 0.5) is 0 Å². The largest absolute Gasteiger partial charge is 0.367 e. The van der Waals surface area contributed by atoms with Gasteiger partial charge in [0.15, 0.2) is 5.79 Å². The normalized spacial score (nSPS) is 32.5. The summed E-state index contributed by atoms with van der Waals surface area (Å²) in [6.45, 7) is 1.53. The van der Waals surface area contributed by atoms with Gasteiger partial charge in [0.2, 0.25) is 0 Å². The molecule has 108 valence electrons. The first kappa shape index (κ1) is 13.1. The van der Waals surface area contributed by atoms with E-state index in [9.17, 15) is 0 Å². The molecule has 2 aliphatic carbocycles. The van der Waals surface area contributed by atoms with Crippen molar-refractivity contribution < 1.29 is 9.47 Å². The Kier molecular flexibility index (Phi) is 3.28. The van der Waals surface area contributed by atoms with Gasteiger partial charge >= 0.3 is 0 Å². The Morgan fingerprint density at radius 3 is 2.70 bits per heavy atom. The van der Waals surface area contributed by atoms with E-state index in [1.54, 1.807) is 0 Å². The fourth-order valence-electron chi connectivity index (χ4n) is 3.91. The molecular formula is C16H20BrNO2. The van der Waals surface area contributed by atoms with E-state index in [0.717, 1.165) is 32.5 Å². The highest BCUT2D eigenvalue weighted by Crippen LogP contribution is 2.41. The van der Waals surface area contributed by atoms with Gasteiger partial charge in [-0.3, -0.25) is 0 Å². The predicted octanol–water partition coefficient (Wildman–Crippen LogP) is 3.48. The molecule has 0 N–H and O–H groups in total. The minimum Gasteiger partial charge on any atom is -0.367 e. The van der Waals surface area contributed by atoms with Gasteiger partial charge in [0.05, 0.1) is 19.3 Å². The lowest BCUT2D eigenvalue weighted by atomic mass is 9.88. The molecule has 2 fully saturated rings. The summed E-state index contributed by atoms with van der Waals surface area (Å²) in [5.74, 6) is -0.242. The molecule has 4 heteroatoms. The van der Waals surface area contributed by atoms with E-state index in [1.165, 1.54) is 22.9 Å². The summed E-state index contributed by atoms with van der Waals surface area (Å²) in [5.41, 5.74) is 1.44. The van der Waals surface area contributed by atoms with Gasteiger partial charge in [-0.25, -0.2) is 0 Å². The van der Waals surface area contributed by atoms with Gasteiger partial charge in [0, 0.05) is 29.6 Å². The van der Waals surface area contributed by atoms with Crippen molar-refractivity contribution in [3.63, 3.8) is 0 Å². The SMILES string of the molecule is BrC1=CCC2C(=C1)C=CN2C1CCC2(CC1)OCCO2. The van der Waals surface area contributed by atoms with Crippen LogP contribution >= 0.6 is 15.9 Å². The Bertz CT molecular complexity index is 481. The quantitative estimate of drug-likeness (QED) is 0.731. The average molecular weight is 338 g/mol. The lowest BCUT2D eigenvalue weighted by Crippen LogP contribution is -2.45. The first-order valence-corrected chi connectivity index (χ1v) is 8.36. The molecule has 1 unspecified atom stereocenters. The topological polar surface area (TPSA) is 21.7 Å². The van der Waals surface area contributed by atoms with E-state index in [4.69, 9.17) is 9.47 Å². The summed E-state index contributed by atoms with van der Waals surface area (Å²) in [6, 6.07) is 1.17. The molecule has 1 spiro atoms. The highest BCUT2D eigenvalue weighted by atomic mass is 79.9. The van der Waals surface area contributed by atoms with Crippen molar-refractivity contribution in [3.05, 3.63) is 34.5 Å². The fourth-order valence-corrected chi connectivity index (χ4v) is 4.36. The number of ether oxygens (including phenoxy) is 2. The van der Waals surface area contributed by atoms with Gasteiger partial charge in [-0.15, -0.1) is 0 Å². The van der Waals surface area contributed by atoms with Crippen molar-refractivity contribution >= 4 is 15.9 Å². The van der Waals surface area contributed by atoms with Crippen molar-refractivity contribution in [2.24, 2.45) is 0 Å². The lowest BCUT2D eigenvalue weighted by molar-refractivity contribution is -0.183. The van der Waals surface area contributed by atoms with Crippen LogP contribution in [0.25, 0.3) is 0 Å². The molecule has 4 rings (SSSR count). The Morgan fingerprint density at radius 2 is 1.95 bits per heavy atom. The minimum absolute atomic E-state index is 0.242. The molecule has 0 aromatic carbocycles. The zero-order valence-electron chi connectivity index (χ0n) is 11.6. The molecule has 0 amide bonds. The van der Waals surface area contributed by atoms with Gasteiger partial charge in [-0.1, -0.05) is 22.0 Å². The van der Waals surface area contributed by atoms with Crippen LogP contribution in [-0.2, 0) is 9.47 Å². The molecule has 2 aliphatic heterocycles. The van der Waals surface area contributed by atoms with Crippen molar-refractivity contribution in [1.29, 1.82) is 0 Å². The molecule has 0 aromatic heterocycles. The zero-order valence-corrected chi connectivity index (χ0v) is 13.1. The van der Waals surface area contributed by atoms with E-state index >= 15 is 0 Å². The standard InChI is InChI=1S/C16H20BrNO2/c17-13-1-2-15-12(11-13)5-8-18(15)14-3-6-16(7-4-14)19-9-10-20-16/h1,5,8,11,14-15H,2-4,6-7,9-10H2. The van der Waals surface area contributed by atoms with Crippen LogP contribution in [0.5, 0.6) is 0 Å². The van der Waals surface area contributed by atoms with Crippen molar-refractivity contribution in [2.45, 2.75) is 50.0 Å². The van der Waals surface area contributed by atoms with Crippen LogP contribution in [0.1, 0.15) is 32.1 Å². The number of nitrogens with zero attached hydrogens (tertiary/aromatic N) is 1. The second-order valence-corrected chi connectivity index (χ2v) is 7.00. The molecule has 20 heavy (non-hydrogen) atoms. The van der Waals surface area contributed by atoms with Crippen LogP contribution in [-0.4, -0.2) is 36.0 Å². The van der Waals surface area contributed by atoms with Gasteiger partial charge in [0.25, 0.3) is 0 Å². The van der Waals surface area contributed by atoms with Crippen LogP contribution in [0.15, 0.2) is 34.5 Å². The molecule has 0 bridgehead atoms. The second kappa shape index (κ2) is 5.00. The molecule has 0 radical (unpaired) electrons. The van der Waals surface area contributed by atoms with Crippen LogP contribution in [0.3, 0.4) is 0 Å². The maximum absolute atomic E-state index is 5.83. The third kappa shape index (κ3) is 2.18. The first-order valence-electron chi connectivity index (χ1n) is 7.57. The summed E-state index contributed by atoms with van der Waals surface area (Å²) in [7, 11) is 0. The molecular weight excluding hydrogens is 318 g/mol. The summed E-state index contributed by atoms with van der Waals surface area (Å²) in [5, 5.41) is 0. The number of fused-ring (bicyclic) bond motifs is 1. The Labute approximate surface area is 128 Å². The average Bonchev–Trinajstić information content (AvgIpc) is 3.07. The number of hydrogen-bond acceptors (Lipinski definition) is 3. The van der Waals surface area contributed by atoms with E-state index in [1.807, 2.05) is 0 Å². The number of hydrogen-bond donors (Lipinski definition) is 0. The smallest absolute Gasteiger partial charge is 0.168 e. The minimum atomic E-state index is -0.242. The zero-order chi connectivity index (χ0) is 13.6. The number of halogens is 1. The molecule has 3 nitrogen and oxygen atoms in total. The van der Waals surface area contributed by atoms with E-state index in [2.05, 4.69) is 45.3 Å². The van der Waals surface area contributed by atoms with E-state index in [-0.39, 0.29) is 5.79 Å². The van der Waals surface area contributed by atoms with Gasteiger partial charge in [0.1, 0.15) is 0 Å². The van der Waals surface area contributed by atoms with Crippen molar-refractivity contribution in [2.75, 3.05) is 13.2 Å². The Balaban J connectivity index is 1.43. The van der Waals surface area contributed by atoms with Crippen molar-refractivity contribution in [3.8, 4) is 0 Å². The molecule has 1 saturated carbocycles. The monoisotopic (exact) mass is 337 g/mol. The van der Waals surface area contributed by atoms with Gasteiger partial charge in [-0.05, 0) is 37.0 Å². The van der Waals surface area contributed by atoms with Crippen LogP contribution < -0.4 is 0 Å². The Hall–Kier alpha value is -0.580. The molecule has 4 aliphatic rings. The van der Waals surface area contributed by atoms with E-state index < -0.39 is 0 Å². The number of allylic oxidation sites excluding steroid dienone is 2. The molecule has 0 aromatic rings. The maximum Gasteiger partial charge on any atom is 0.168 e. The number of rotatable bonds is 1. The molecule has 1 saturated heterocycles. The van der Waals surface area contributed by atoms with Gasteiger partial charge in [-0.2, -0.15) is 0 Å². The third-order valence-electron chi connectivity index (χ3n) is 4.98. The fraction of sp³-hybridized carbons (Fsp3) is 0.625.